The maximum Gasteiger partial charge on any atom is 0.250 e. The smallest absolute Gasteiger partial charge is 0.250 e. The second-order valence-corrected chi connectivity index (χ2v) is 7.38. The van der Waals surface area contributed by atoms with Crippen LogP contribution in [0.15, 0.2) is 54.6 Å². The summed E-state index contributed by atoms with van der Waals surface area (Å²) in [5.74, 6) is -0.0956. The van der Waals surface area contributed by atoms with Crippen LogP contribution in [0.1, 0.15) is 42.8 Å². The van der Waals surface area contributed by atoms with Crippen LogP contribution in [-0.4, -0.2) is 11.4 Å². The van der Waals surface area contributed by atoms with Gasteiger partial charge >= 0.3 is 0 Å². The van der Waals surface area contributed by atoms with Gasteiger partial charge in [0.2, 0.25) is 5.91 Å². The van der Waals surface area contributed by atoms with E-state index in [-0.39, 0.29) is 5.91 Å². The highest BCUT2D eigenvalue weighted by molar-refractivity contribution is 6.33. The SMILES string of the molecule is CC1=CC(C)(C)N(C(=O)C(Cl)c2ccccc2)c2ccc(C)cc21. The molecule has 0 radical (unpaired) electrons. The summed E-state index contributed by atoms with van der Waals surface area (Å²) in [6.45, 7) is 8.25. The van der Waals surface area contributed by atoms with Crippen LogP contribution < -0.4 is 4.90 Å². The zero-order valence-corrected chi connectivity index (χ0v) is 15.3. The summed E-state index contributed by atoms with van der Waals surface area (Å²) in [5.41, 5.74) is 4.79. The van der Waals surface area contributed by atoms with E-state index in [2.05, 4.69) is 26.0 Å². The molecule has 124 valence electrons. The summed E-state index contributed by atoms with van der Waals surface area (Å²) in [5, 5.41) is -0.702. The normalized spacial score (nSPS) is 17.0. The summed E-state index contributed by atoms with van der Waals surface area (Å²) < 4.78 is 0. The lowest BCUT2D eigenvalue weighted by atomic mass is 9.87. The van der Waals surface area contributed by atoms with E-state index in [1.165, 1.54) is 11.1 Å². The van der Waals surface area contributed by atoms with Gasteiger partial charge in [0.15, 0.2) is 0 Å². The van der Waals surface area contributed by atoms with Gasteiger partial charge in [0, 0.05) is 5.56 Å². The first-order chi connectivity index (χ1) is 11.3. The van der Waals surface area contributed by atoms with Crippen molar-refractivity contribution >= 4 is 28.8 Å². The Balaban J connectivity index is 2.08. The first-order valence-corrected chi connectivity index (χ1v) is 8.58. The van der Waals surface area contributed by atoms with Gasteiger partial charge in [-0.1, -0.05) is 48.0 Å². The Kier molecular flexibility index (Phi) is 4.27. The van der Waals surface area contributed by atoms with Gasteiger partial charge in [0.1, 0.15) is 5.38 Å². The zero-order chi connectivity index (χ0) is 17.5. The molecule has 3 rings (SSSR count). The summed E-state index contributed by atoms with van der Waals surface area (Å²) in [6.07, 6.45) is 2.14. The Bertz CT molecular complexity index is 808. The number of allylic oxidation sites excluding steroid dienone is 1. The number of fused-ring (bicyclic) bond motifs is 1. The van der Waals surface area contributed by atoms with Crippen molar-refractivity contribution in [3.8, 4) is 0 Å². The molecule has 1 aliphatic rings. The van der Waals surface area contributed by atoms with Gasteiger partial charge in [0.25, 0.3) is 0 Å². The molecule has 0 aromatic heterocycles. The molecule has 2 nitrogen and oxygen atoms in total. The van der Waals surface area contributed by atoms with Gasteiger partial charge in [-0.05, 0) is 51.0 Å². The number of benzene rings is 2. The number of rotatable bonds is 2. The van der Waals surface area contributed by atoms with Gasteiger partial charge in [-0.2, -0.15) is 0 Å². The number of aryl methyl sites for hydroxylation is 1. The lowest BCUT2D eigenvalue weighted by Crippen LogP contribution is -2.50. The highest BCUT2D eigenvalue weighted by atomic mass is 35.5. The molecular weight excluding hydrogens is 318 g/mol. The number of hydrogen-bond donors (Lipinski definition) is 0. The maximum absolute atomic E-state index is 13.2. The van der Waals surface area contributed by atoms with Gasteiger partial charge in [-0.15, -0.1) is 11.6 Å². The number of amides is 1. The second kappa shape index (κ2) is 6.10. The number of carbonyl (C=O) groups is 1. The molecule has 0 N–H and O–H groups in total. The van der Waals surface area contributed by atoms with Crippen LogP contribution in [-0.2, 0) is 4.79 Å². The zero-order valence-electron chi connectivity index (χ0n) is 14.5. The Morgan fingerprint density at radius 1 is 1.08 bits per heavy atom. The van der Waals surface area contributed by atoms with E-state index in [0.717, 1.165) is 16.8 Å². The van der Waals surface area contributed by atoms with E-state index < -0.39 is 10.9 Å². The third-order valence-electron chi connectivity index (χ3n) is 4.49. The molecule has 0 spiro atoms. The molecular formula is C21H22ClNO. The average Bonchev–Trinajstić information content (AvgIpc) is 2.54. The molecule has 3 heteroatoms. The van der Waals surface area contributed by atoms with Crippen molar-refractivity contribution in [2.24, 2.45) is 0 Å². The molecule has 2 aromatic carbocycles. The monoisotopic (exact) mass is 339 g/mol. The van der Waals surface area contributed by atoms with Crippen molar-refractivity contribution in [3.05, 3.63) is 71.3 Å². The summed E-state index contributed by atoms with van der Waals surface area (Å²) >= 11 is 6.54. The minimum atomic E-state index is -0.702. The summed E-state index contributed by atoms with van der Waals surface area (Å²) in [4.78, 5) is 15.1. The molecule has 0 fully saturated rings. The maximum atomic E-state index is 13.2. The molecule has 24 heavy (non-hydrogen) atoms. The minimum Gasteiger partial charge on any atom is -0.301 e. The Labute approximate surface area is 148 Å². The number of anilines is 1. The number of halogens is 1. The van der Waals surface area contributed by atoms with Gasteiger partial charge in [-0.25, -0.2) is 0 Å². The fourth-order valence-corrected chi connectivity index (χ4v) is 3.67. The number of nitrogens with zero attached hydrogens (tertiary/aromatic N) is 1. The second-order valence-electron chi connectivity index (χ2n) is 6.95. The Morgan fingerprint density at radius 2 is 1.75 bits per heavy atom. The molecule has 1 unspecified atom stereocenters. The van der Waals surface area contributed by atoms with Crippen molar-refractivity contribution in [1.82, 2.24) is 0 Å². The lowest BCUT2D eigenvalue weighted by Gasteiger charge is -2.42. The average molecular weight is 340 g/mol. The fourth-order valence-electron chi connectivity index (χ4n) is 3.42. The van der Waals surface area contributed by atoms with Gasteiger partial charge in [0.05, 0.1) is 11.2 Å². The number of alkyl halides is 1. The predicted molar refractivity (Wildman–Crippen MR) is 101 cm³/mol. The van der Waals surface area contributed by atoms with E-state index in [1.807, 2.05) is 61.2 Å². The van der Waals surface area contributed by atoms with Crippen molar-refractivity contribution in [2.45, 2.75) is 38.6 Å². The van der Waals surface area contributed by atoms with Crippen LogP contribution >= 0.6 is 11.6 Å². The highest BCUT2D eigenvalue weighted by Crippen LogP contribution is 2.41. The van der Waals surface area contributed by atoms with E-state index in [1.54, 1.807) is 0 Å². The Hall–Kier alpha value is -2.06. The molecule has 1 atom stereocenters. The molecule has 0 bridgehead atoms. The highest BCUT2D eigenvalue weighted by Gasteiger charge is 2.38. The predicted octanol–water partition coefficient (Wildman–Crippen LogP) is 5.50. The molecule has 0 saturated heterocycles. The summed E-state index contributed by atoms with van der Waals surface area (Å²) in [6, 6.07) is 15.7. The van der Waals surface area contributed by atoms with Crippen molar-refractivity contribution in [1.29, 1.82) is 0 Å². The quantitative estimate of drug-likeness (QED) is 0.661. The lowest BCUT2D eigenvalue weighted by molar-refractivity contribution is -0.119. The van der Waals surface area contributed by atoms with Gasteiger partial charge in [-0.3, -0.25) is 4.79 Å². The van der Waals surface area contributed by atoms with Crippen molar-refractivity contribution in [2.75, 3.05) is 4.90 Å². The van der Waals surface area contributed by atoms with Crippen LogP contribution in [0, 0.1) is 6.92 Å². The summed E-state index contributed by atoms with van der Waals surface area (Å²) in [7, 11) is 0. The fraction of sp³-hybridized carbons (Fsp3) is 0.286. The van der Waals surface area contributed by atoms with Crippen molar-refractivity contribution < 1.29 is 4.79 Å². The molecule has 1 amide bonds. The third kappa shape index (κ3) is 2.87. The van der Waals surface area contributed by atoms with Crippen LogP contribution in [0.25, 0.3) is 5.57 Å². The van der Waals surface area contributed by atoms with E-state index in [0.29, 0.717) is 0 Å². The molecule has 0 saturated carbocycles. The number of hydrogen-bond acceptors (Lipinski definition) is 1. The van der Waals surface area contributed by atoms with Crippen LogP contribution in [0.3, 0.4) is 0 Å². The van der Waals surface area contributed by atoms with Gasteiger partial charge < -0.3 is 4.90 Å². The topological polar surface area (TPSA) is 20.3 Å². The van der Waals surface area contributed by atoms with Crippen LogP contribution in [0.4, 0.5) is 5.69 Å². The standard InChI is InChI=1S/C21H22ClNO/c1-14-10-11-18-17(12-14)15(2)13-21(3,4)23(18)20(24)19(22)16-8-6-5-7-9-16/h5-13,19H,1-4H3. The molecule has 1 heterocycles. The van der Waals surface area contributed by atoms with Crippen LogP contribution in [0.2, 0.25) is 0 Å². The van der Waals surface area contributed by atoms with E-state index >= 15 is 0 Å². The minimum absolute atomic E-state index is 0.0956. The van der Waals surface area contributed by atoms with Crippen molar-refractivity contribution in [3.63, 3.8) is 0 Å². The first-order valence-electron chi connectivity index (χ1n) is 8.15. The molecule has 1 aliphatic heterocycles. The van der Waals surface area contributed by atoms with Crippen LogP contribution in [0.5, 0.6) is 0 Å². The van der Waals surface area contributed by atoms with E-state index in [9.17, 15) is 4.79 Å². The Morgan fingerprint density at radius 3 is 2.42 bits per heavy atom. The third-order valence-corrected chi connectivity index (χ3v) is 4.93. The molecule has 2 aromatic rings. The van der Waals surface area contributed by atoms with E-state index in [4.69, 9.17) is 11.6 Å². The molecule has 0 aliphatic carbocycles. The largest absolute Gasteiger partial charge is 0.301 e. The number of carbonyl (C=O) groups excluding carboxylic acids is 1. The first kappa shape index (κ1) is 16.8.